The Kier molecular flexibility index (Phi) is 7.83. The fourth-order valence-electron chi connectivity index (χ4n) is 4.17. The van der Waals surface area contributed by atoms with Gasteiger partial charge in [-0.2, -0.15) is 0 Å². The number of rotatable bonds is 4. The maximum Gasteiger partial charge on any atom is 0.415 e. The molecule has 2 heterocycles. The number of carbonyl (C=O) groups excluding carboxylic acids is 2. The van der Waals surface area contributed by atoms with Gasteiger partial charge in [0.25, 0.3) is 0 Å². The number of halogens is 1. The van der Waals surface area contributed by atoms with Crippen LogP contribution >= 0.6 is 11.6 Å². The van der Waals surface area contributed by atoms with Gasteiger partial charge in [0.1, 0.15) is 12.1 Å². The average molecular weight is 451 g/mol. The predicted octanol–water partition coefficient (Wildman–Crippen LogP) is 3.32. The zero-order valence-electron chi connectivity index (χ0n) is 19.1. The van der Waals surface area contributed by atoms with E-state index in [0.29, 0.717) is 29.8 Å². The third kappa shape index (κ3) is 6.57. The second kappa shape index (κ2) is 10.2. The van der Waals surface area contributed by atoms with Crippen molar-refractivity contribution in [1.29, 1.82) is 0 Å². The number of anilines is 1. The Balaban J connectivity index is 1.63. The van der Waals surface area contributed by atoms with Crippen molar-refractivity contribution in [1.82, 2.24) is 14.7 Å². The smallest absolute Gasteiger partial charge is 0.415 e. The Hall–Kier alpha value is -1.83. The summed E-state index contributed by atoms with van der Waals surface area (Å²) in [5.74, 6) is -0.0891. The second-order valence-electron chi connectivity index (χ2n) is 9.47. The maximum atomic E-state index is 13.1. The molecule has 2 fully saturated rings. The number of carbonyl (C=O) groups is 2. The van der Waals surface area contributed by atoms with Crippen LogP contribution in [0.2, 0.25) is 5.02 Å². The summed E-state index contributed by atoms with van der Waals surface area (Å²) in [6.45, 7) is 10.7. The van der Waals surface area contributed by atoms with Crippen molar-refractivity contribution in [2.45, 2.75) is 45.3 Å². The Morgan fingerprint density at radius 2 is 1.68 bits per heavy atom. The van der Waals surface area contributed by atoms with Crippen LogP contribution in [0.15, 0.2) is 24.3 Å². The van der Waals surface area contributed by atoms with Gasteiger partial charge in [-0.25, -0.2) is 4.79 Å². The highest BCUT2D eigenvalue weighted by Crippen LogP contribution is 2.27. The first kappa shape index (κ1) is 23.8. The lowest BCUT2D eigenvalue weighted by atomic mass is 10.0. The molecule has 3 rings (SSSR count). The first-order valence-corrected chi connectivity index (χ1v) is 11.5. The highest BCUT2D eigenvalue weighted by molar-refractivity contribution is 6.33. The van der Waals surface area contributed by atoms with Crippen LogP contribution in [0.5, 0.6) is 0 Å². The molecule has 0 aliphatic carbocycles. The first-order chi connectivity index (χ1) is 14.6. The second-order valence-corrected chi connectivity index (χ2v) is 9.88. The molecule has 0 radical (unpaired) electrons. The predicted molar refractivity (Wildman–Crippen MR) is 124 cm³/mol. The lowest BCUT2D eigenvalue weighted by Crippen LogP contribution is -2.55. The van der Waals surface area contributed by atoms with Crippen molar-refractivity contribution in [3.63, 3.8) is 0 Å². The Morgan fingerprint density at radius 1 is 1.06 bits per heavy atom. The molecule has 0 aromatic heterocycles. The lowest BCUT2D eigenvalue weighted by molar-refractivity contribution is -0.132. The average Bonchev–Trinajstić information content (AvgIpc) is 2.72. The summed E-state index contributed by atoms with van der Waals surface area (Å²) in [6, 6.07) is 7.64. The number of hydrogen-bond donors (Lipinski definition) is 0. The van der Waals surface area contributed by atoms with E-state index in [2.05, 4.69) is 16.8 Å². The van der Waals surface area contributed by atoms with Crippen molar-refractivity contribution in [3.8, 4) is 0 Å². The summed E-state index contributed by atoms with van der Waals surface area (Å²) >= 11 is 6.33. The molecule has 2 amide bonds. The van der Waals surface area contributed by atoms with Crippen molar-refractivity contribution >= 4 is 29.3 Å². The molecule has 1 aromatic rings. The molecule has 31 heavy (non-hydrogen) atoms. The van der Waals surface area contributed by atoms with Crippen LogP contribution in [0.3, 0.4) is 0 Å². The first-order valence-electron chi connectivity index (χ1n) is 11.1. The fraction of sp³-hybridized carbons (Fsp3) is 0.652. The van der Waals surface area contributed by atoms with Gasteiger partial charge >= 0.3 is 6.09 Å². The molecule has 7 nitrogen and oxygen atoms in total. The number of benzene rings is 1. The number of nitrogens with zero attached hydrogens (tertiary/aromatic N) is 4. The SMILES string of the molecule is CN1CCC(N2CCN(C(=O)CN(C(=O)OC(C)(C)C)c3ccccc3Cl)CC2)CC1. The number of para-hydroxylation sites is 1. The quantitative estimate of drug-likeness (QED) is 0.704. The fourth-order valence-corrected chi connectivity index (χ4v) is 4.41. The van der Waals surface area contributed by atoms with E-state index in [1.54, 1.807) is 45.0 Å². The summed E-state index contributed by atoms with van der Waals surface area (Å²) in [7, 11) is 2.17. The summed E-state index contributed by atoms with van der Waals surface area (Å²) in [5, 5.41) is 0.410. The van der Waals surface area contributed by atoms with E-state index in [1.807, 2.05) is 4.90 Å². The molecule has 0 unspecified atom stereocenters. The number of hydrogen-bond acceptors (Lipinski definition) is 5. The molecule has 0 N–H and O–H groups in total. The monoisotopic (exact) mass is 450 g/mol. The van der Waals surface area contributed by atoms with Gasteiger partial charge in [-0.15, -0.1) is 0 Å². The van der Waals surface area contributed by atoms with E-state index >= 15 is 0 Å². The van der Waals surface area contributed by atoms with Crippen LogP contribution in [0.25, 0.3) is 0 Å². The third-order valence-electron chi connectivity index (χ3n) is 5.92. The van der Waals surface area contributed by atoms with E-state index < -0.39 is 11.7 Å². The molecule has 172 valence electrons. The van der Waals surface area contributed by atoms with Crippen LogP contribution < -0.4 is 4.90 Å². The van der Waals surface area contributed by atoms with Gasteiger partial charge in [-0.3, -0.25) is 14.6 Å². The molecule has 2 aliphatic rings. The molecule has 1 aromatic carbocycles. The summed E-state index contributed by atoms with van der Waals surface area (Å²) in [5.41, 5.74) is -0.184. The zero-order chi connectivity index (χ0) is 22.6. The zero-order valence-corrected chi connectivity index (χ0v) is 19.9. The number of ether oxygens (including phenoxy) is 1. The Labute approximate surface area is 190 Å². The summed E-state index contributed by atoms with van der Waals surface area (Å²) in [6.07, 6.45) is 1.80. The van der Waals surface area contributed by atoms with Crippen LogP contribution in [0.4, 0.5) is 10.5 Å². The number of likely N-dealkylation sites (tertiary alicyclic amines) is 1. The standard InChI is InChI=1S/C23H35ClN4O3/c1-23(2,3)31-22(30)28(20-8-6-5-7-19(20)24)17-21(29)27-15-13-26(14-16-27)18-9-11-25(4)12-10-18/h5-8,18H,9-17H2,1-4H3. The van der Waals surface area contributed by atoms with E-state index in [9.17, 15) is 9.59 Å². The minimum atomic E-state index is -0.667. The molecule has 8 heteroatoms. The van der Waals surface area contributed by atoms with E-state index in [1.165, 1.54) is 17.7 Å². The summed E-state index contributed by atoms with van der Waals surface area (Å²) in [4.78, 5) is 34.0. The van der Waals surface area contributed by atoms with Crippen LogP contribution in [0.1, 0.15) is 33.6 Å². The lowest BCUT2D eigenvalue weighted by Gasteiger charge is -2.42. The van der Waals surface area contributed by atoms with Gasteiger partial charge in [-0.1, -0.05) is 23.7 Å². The topological polar surface area (TPSA) is 56.3 Å². The van der Waals surface area contributed by atoms with E-state index in [4.69, 9.17) is 16.3 Å². The minimum absolute atomic E-state index is 0.0891. The molecule has 0 bridgehead atoms. The Bertz CT molecular complexity index is 766. The number of amides is 2. The summed E-state index contributed by atoms with van der Waals surface area (Å²) < 4.78 is 5.55. The highest BCUT2D eigenvalue weighted by Gasteiger charge is 2.31. The normalized spacial score (nSPS) is 19.3. The van der Waals surface area contributed by atoms with Gasteiger partial charge in [0.2, 0.25) is 5.91 Å². The molecule has 0 atom stereocenters. The minimum Gasteiger partial charge on any atom is -0.443 e. The number of piperidine rings is 1. The van der Waals surface area contributed by atoms with Crippen LogP contribution in [-0.2, 0) is 9.53 Å². The van der Waals surface area contributed by atoms with Gasteiger partial charge in [0.05, 0.1) is 10.7 Å². The van der Waals surface area contributed by atoms with Gasteiger partial charge in [0.15, 0.2) is 0 Å². The third-order valence-corrected chi connectivity index (χ3v) is 6.24. The van der Waals surface area contributed by atoms with E-state index in [0.717, 1.165) is 26.2 Å². The number of piperazine rings is 1. The van der Waals surface area contributed by atoms with Crippen molar-refractivity contribution in [2.75, 3.05) is 57.8 Å². The molecular weight excluding hydrogens is 416 g/mol. The molecule has 2 aliphatic heterocycles. The van der Waals surface area contributed by atoms with Crippen molar-refractivity contribution in [3.05, 3.63) is 29.3 Å². The van der Waals surface area contributed by atoms with Crippen LogP contribution in [-0.4, -0.2) is 91.2 Å². The molecule has 2 saturated heterocycles. The van der Waals surface area contributed by atoms with Crippen LogP contribution in [0, 0.1) is 0 Å². The van der Waals surface area contributed by atoms with Crippen molar-refractivity contribution < 1.29 is 14.3 Å². The van der Waals surface area contributed by atoms with E-state index in [-0.39, 0.29) is 12.5 Å². The Morgan fingerprint density at radius 3 is 2.26 bits per heavy atom. The largest absolute Gasteiger partial charge is 0.443 e. The molecule has 0 spiro atoms. The molecule has 0 saturated carbocycles. The maximum absolute atomic E-state index is 13.1. The van der Waals surface area contributed by atoms with Gasteiger partial charge < -0.3 is 14.5 Å². The molecular formula is C23H35ClN4O3. The van der Waals surface area contributed by atoms with Crippen molar-refractivity contribution in [2.24, 2.45) is 0 Å². The van der Waals surface area contributed by atoms with Gasteiger partial charge in [-0.05, 0) is 65.9 Å². The van der Waals surface area contributed by atoms with Gasteiger partial charge in [0, 0.05) is 32.2 Å². The highest BCUT2D eigenvalue weighted by atomic mass is 35.5.